The van der Waals surface area contributed by atoms with Crippen molar-refractivity contribution in [2.24, 2.45) is 0 Å². The third-order valence-electron chi connectivity index (χ3n) is 5.24. The van der Waals surface area contributed by atoms with Crippen LogP contribution in [0.25, 0.3) is 22.9 Å². The summed E-state index contributed by atoms with van der Waals surface area (Å²) >= 11 is 0. The van der Waals surface area contributed by atoms with Crippen molar-refractivity contribution in [3.05, 3.63) is 95.1 Å². The Labute approximate surface area is 187 Å². The normalized spacial score (nSPS) is 11.0. The van der Waals surface area contributed by atoms with E-state index >= 15 is 0 Å². The number of aryl methyl sites for hydroxylation is 1. The summed E-state index contributed by atoms with van der Waals surface area (Å²) in [5, 5.41) is 11.4. The minimum atomic E-state index is -0.123. The van der Waals surface area contributed by atoms with Gasteiger partial charge in [-0.05, 0) is 68.0 Å². The molecule has 0 aliphatic carbocycles. The molecule has 0 saturated heterocycles. The molecule has 0 saturated carbocycles. The van der Waals surface area contributed by atoms with E-state index in [9.17, 15) is 4.79 Å². The lowest BCUT2D eigenvalue weighted by Gasteiger charge is -2.14. The monoisotopic (exact) mass is 426 g/mol. The average Bonchev–Trinajstić information content (AvgIpc) is 3.28. The number of carbonyl (C=O) groups is 1. The first-order valence-electron chi connectivity index (χ1n) is 10.5. The highest BCUT2D eigenvalue weighted by molar-refractivity contribution is 5.94. The lowest BCUT2D eigenvalue weighted by molar-refractivity contribution is 0.0951. The van der Waals surface area contributed by atoms with Gasteiger partial charge in [0.05, 0.1) is 0 Å². The molecule has 1 amide bonds. The molecule has 0 spiro atoms. The molecule has 1 aromatic heterocycles. The van der Waals surface area contributed by atoms with Crippen LogP contribution in [0.5, 0.6) is 0 Å². The number of nitrogens with zero attached hydrogens (tertiary/aromatic N) is 3. The van der Waals surface area contributed by atoms with Crippen LogP contribution in [0, 0.1) is 6.92 Å². The zero-order chi connectivity index (χ0) is 22.5. The molecule has 0 radical (unpaired) electrons. The van der Waals surface area contributed by atoms with E-state index in [0.29, 0.717) is 23.9 Å². The van der Waals surface area contributed by atoms with E-state index < -0.39 is 0 Å². The van der Waals surface area contributed by atoms with E-state index in [0.717, 1.165) is 28.8 Å². The maximum atomic E-state index is 12.7. The maximum Gasteiger partial charge on any atom is 0.251 e. The summed E-state index contributed by atoms with van der Waals surface area (Å²) in [6, 6.07) is 23.2. The Bertz CT molecular complexity index is 1210. The van der Waals surface area contributed by atoms with Gasteiger partial charge in [-0.15, -0.1) is 10.2 Å². The smallest absolute Gasteiger partial charge is 0.251 e. The molecular weight excluding hydrogens is 400 g/mol. The van der Waals surface area contributed by atoms with Gasteiger partial charge >= 0.3 is 0 Å². The minimum absolute atomic E-state index is 0.123. The Balaban J connectivity index is 1.43. The number of hydrogen-bond acceptors (Lipinski definition) is 5. The van der Waals surface area contributed by atoms with Crippen LogP contribution in [0.3, 0.4) is 0 Å². The van der Waals surface area contributed by atoms with Gasteiger partial charge in [-0.2, -0.15) is 0 Å². The van der Waals surface area contributed by atoms with Crippen LogP contribution in [0.1, 0.15) is 27.0 Å². The van der Waals surface area contributed by atoms with Gasteiger partial charge in [0, 0.05) is 29.8 Å². The van der Waals surface area contributed by atoms with Crippen LogP contribution in [-0.2, 0) is 13.1 Å². The highest BCUT2D eigenvalue weighted by Gasteiger charge is 2.13. The molecule has 0 bridgehead atoms. The first-order chi connectivity index (χ1) is 15.5. The highest BCUT2D eigenvalue weighted by atomic mass is 16.4. The quantitative estimate of drug-likeness (QED) is 0.464. The van der Waals surface area contributed by atoms with Gasteiger partial charge < -0.3 is 14.6 Å². The topological polar surface area (TPSA) is 71.3 Å². The Kier molecular flexibility index (Phi) is 6.42. The number of hydrogen-bond donors (Lipinski definition) is 1. The Morgan fingerprint density at radius 1 is 0.875 bits per heavy atom. The third-order valence-corrected chi connectivity index (χ3v) is 5.24. The number of carbonyl (C=O) groups excluding carboxylic acids is 1. The number of nitrogens with one attached hydrogen (secondary N) is 1. The van der Waals surface area contributed by atoms with Gasteiger partial charge in [-0.25, -0.2) is 0 Å². The van der Waals surface area contributed by atoms with E-state index in [1.165, 1.54) is 5.56 Å². The summed E-state index contributed by atoms with van der Waals surface area (Å²) < 4.78 is 5.86. The zero-order valence-electron chi connectivity index (χ0n) is 18.5. The van der Waals surface area contributed by atoms with Gasteiger partial charge in [-0.3, -0.25) is 4.79 Å². The average molecular weight is 427 g/mol. The van der Waals surface area contributed by atoms with Gasteiger partial charge in [-0.1, -0.05) is 42.5 Å². The Morgan fingerprint density at radius 2 is 1.53 bits per heavy atom. The molecule has 6 nitrogen and oxygen atoms in total. The van der Waals surface area contributed by atoms with Crippen molar-refractivity contribution >= 4 is 5.91 Å². The molecule has 0 aliphatic heterocycles. The van der Waals surface area contributed by atoms with Crippen molar-refractivity contribution in [1.29, 1.82) is 0 Å². The van der Waals surface area contributed by atoms with Crippen molar-refractivity contribution in [3.63, 3.8) is 0 Å². The molecule has 0 aliphatic rings. The maximum absolute atomic E-state index is 12.7. The summed E-state index contributed by atoms with van der Waals surface area (Å²) in [5.74, 6) is 0.784. The van der Waals surface area contributed by atoms with E-state index in [-0.39, 0.29) is 5.91 Å². The number of benzene rings is 3. The lowest BCUT2D eigenvalue weighted by Crippen LogP contribution is -2.24. The second kappa shape index (κ2) is 9.58. The van der Waals surface area contributed by atoms with Crippen molar-refractivity contribution in [2.45, 2.75) is 20.0 Å². The van der Waals surface area contributed by atoms with Gasteiger partial charge in [0.15, 0.2) is 0 Å². The summed E-state index contributed by atoms with van der Waals surface area (Å²) in [5.41, 5.74) is 5.65. The SMILES string of the molecule is Cc1ccccc1-c1nnc(-c2ccc(C(=O)NCc3ccccc3CN(C)C)cc2)o1. The fraction of sp³-hybridized carbons (Fsp3) is 0.192. The second-order valence-electron chi connectivity index (χ2n) is 7.99. The molecule has 0 unspecified atom stereocenters. The molecule has 0 fully saturated rings. The zero-order valence-corrected chi connectivity index (χ0v) is 18.5. The van der Waals surface area contributed by atoms with Crippen molar-refractivity contribution in [2.75, 3.05) is 14.1 Å². The van der Waals surface area contributed by atoms with Crippen LogP contribution < -0.4 is 5.32 Å². The highest BCUT2D eigenvalue weighted by Crippen LogP contribution is 2.26. The molecular formula is C26H26N4O2. The molecule has 1 heterocycles. The fourth-order valence-electron chi connectivity index (χ4n) is 3.53. The van der Waals surface area contributed by atoms with E-state index in [2.05, 4.69) is 26.5 Å². The van der Waals surface area contributed by atoms with Gasteiger partial charge in [0.1, 0.15) is 0 Å². The molecule has 6 heteroatoms. The number of rotatable bonds is 7. The van der Waals surface area contributed by atoms with Crippen LogP contribution in [0.2, 0.25) is 0 Å². The van der Waals surface area contributed by atoms with Crippen molar-refractivity contribution < 1.29 is 9.21 Å². The lowest BCUT2D eigenvalue weighted by atomic mass is 10.1. The molecule has 162 valence electrons. The van der Waals surface area contributed by atoms with Crippen LogP contribution in [-0.4, -0.2) is 35.1 Å². The summed E-state index contributed by atoms with van der Waals surface area (Å²) in [4.78, 5) is 14.8. The molecule has 4 aromatic rings. The molecule has 4 rings (SSSR count). The predicted octanol–water partition coefficient (Wildman–Crippen LogP) is 4.70. The second-order valence-corrected chi connectivity index (χ2v) is 7.99. The summed E-state index contributed by atoms with van der Waals surface area (Å²) in [7, 11) is 4.06. The first kappa shape index (κ1) is 21.5. The van der Waals surface area contributed by atoms with E-state index in [1.54, 1.807) is 12.1 Å². The number of aromatic nitrogens is 2. The largest absolute Gasteiger partial charge is 0.416 e. The van der Waals surface area contributed by atoms with Crippen LogP contribution >= 0.6 is 0 Å². The van der Waals surface area contributed by atoms with Crippen LogP contribution in [0.4, 0.5) is 0 Å². The minimum Gasteiger partial charge on any atom is -0.416 e. The van der Waals surface area contributed by atoms with E-state index in [1.807, 2.05) is 75.6 Å². The third kappa shape index (κ3) is 4.92. The Hall–Kier alpha value is -3.77. The van der Waals surface area contributed by atoms with Crippen LogP contribution in [0.15, 0.2) is 77.2 Å². The predicted molar refractivity (Wildman–Crippen MR) is 125 cm³/mol. The van der Waals surface area contributed by atoms with Gasteiger partial charge in [0.2, 0.25) is 11.8 Å². The molecule has 32 heavy (non-hydrogen) atoms. The summed E-state index contributed by atoms with van der Waals surface area (Å²) in [6.07, 6.45) is 0. The molecule has 3 aromatic carbocycles. The number of amides is 1. The van der Waals surface area contributed by atoms with E-state index in [4.69, 9.17) is 4.42 Å². The van der Waals surface area contributed by atoms with Crippen molar-refractivity contribution in [3.8, 4) is 22.9 Å². The molecule has 0 atom stereocenters. The molecule has 1 N–H and O–H groups in total. The Morgan fingerprint density at radius 3 is 2.25 bits per heavy atom. The first-order valence-corrected chi connectivity index (χ1v) is 10.5. The van der Waals surface area contributed by atoms with Gasteiger partial charge in [0.25, 0.3) is 5.91 Å². The van der Waals surface area contributed by atoms with Crippen molar-refractivity contribution in [1.82, 2.24) is 20.4 Å². The standard InChI is InChI=1S/C26H26N4O2/c1-18-8-4-7-11-23(18)26-29-28-25(32-26)20-14-12-19(13-15-20)24(31)27-16-21-9-5-6-10-22(21)17-30(2)3/h4-15H,16-17H2,1-3H3,(H,27,31). The fourth-order valence-corrected chi connectivity index (χ4v) is 3.53. The summed E-state index contributed by atoms with van der Waals surface area (Å²) in [6.45, 7) is 3.31.